The highest BCUT2D eigenvalue weighted by Crippen LogP contribution is 2.16. The number of pyridine rings is 2. The number of nitrogens with one attached hydrogen (secondary N) is 2. The standard InChI is InChI=1S/C23H23FN4O3/c1-2-31-23(30)20-9-8-19(22(29)27-15-17-6-4-11-25-14-17)21(28-20)26-12-10-16-5-3-7-18(24)13-16/h3-9,11,13-14H,2,10,12,15H2,1H3,(H,26,28)(H,27,29). The van der Waals surface area contributed by atoms with Crippen LogP contribution in [-0.4, -0.2) is 35.0 Å². The predicted molar refractivity (Wildman–Crippen MR) is 114 cm³/mol. The Balaban J connectivity index is 1.74. The Morgan fingerprint density at radius 2 is 1.94 bits per heavy atom. The summed E-state index contributed by atoms with van der Waals surface area (Å²) >= 11 is 0. The van der Waals surface area contributed by atoms with Gasteiger partial charge >= 0.3 is 5.97 Å². The first-order valence-electron chi connectivity index (χ1n) is 9.90. The molecule has 0 saturated carbocycles. The minimum absolute atomic E-state index is 0.0962. The summed E-state index contributed by atoms with van der Waals surface area (Å²) in [6.45, 7) is 2.62. The Hall–Kier alpha value is -3.81. The number of carbonyl (C=O) groups excluding carboxylic acids is 2. The van der Waals surface area contributed by atoms with Gasteiger partial charge in [0.15, 0.2) is 5.69 Å². The maximum absolute atomic E-state index is 13.4. The van der Waals surface area contributed by atoms with Crippen LogP contribution in [0.1, 0.15) is 38.9 Å². The predicted octanol–water partition coefficient (Wildman–Crippen LogP) is 3.38. The van der Waals surface area contributed by atoms with Crippen LogP contribution in [0.4, 0.5) is 10.2 Å². The number of ether oxygens (including phenoxy) is 1. The van der Waals surface area contributed by atoms with E-state index in [9.17, 15) is 14.0 Å². The van der Waals surface area contributed by atoms with Gasteiger partial charge in [-0.2, -0.15) is 0 Å². The molecule has 2 aromatic heterocycles. The van der Waals surface area contributed by atoms with Crippen molar-refractivity contribution in [1.29, 1.82) is 0 Å². The fourth-order valence-electron chi connectivity index (χ4n) is 2.89. The molecule has 3 rings (SSSR count). The van der Waals surface area contributed by atoms with E-state index >= 15 is 0 Å². The molecule has 160 valence electrons. The molecule has 0 aliphatic carbocycles. The minimum atomic E-state index is -0.571. The van der Waals surface area contributed by atoms with Gasteiger partial charge in [0.2, 0.25) is 0 Å². The van der Waals surface area contributed by atoms with Gasteiger partial charge in [0.1, 0.15) is 11.6 Å². The lowest BCUT2D eigenvalue weighted by molar-refractivity contribution is 0.0519. The monoisotopic (exact) mass is 422 g/mol. The van der Waals surface area contributed by atoms with Crippen LogP contribution in [0.15, 0.2) is 60.9 Å². The molecule has 8 heteroatoms. The molecule has 0 radical (unpaired) electrons. The van der Waals surface area contributed by atoms with Crippen molar-refractivity contribution in [3.8, 4) is 0 Å². The van der Waals surface area contributed by atoms with Crippen molar-refractivity contribution in [2.45, 2.75) is 19.9 Å². The molecule has 31 heavy (non-hydrogen) atoms. The number of aromatic nitrogens is 2. The first-order chi connectivity index (χ1) is 15.1. The van der Waals surface area contributed by atoms with Gasteiger partial charge in [-0.25, -0.2) is 14.2 Å². The Morgan fingerprint density at radius 1 is 1.10 bits per heavy atom. The number of carbonyl (C=O) groups is 2. The molecule has 3 aromatic rings. The summed E-state index contributed by atoms with van der Waals surface area (Å²) < 4.78 is 18.4. The maximum atomic E-state index is 13.4. The maximum Gasteiger partial charge on any atom is 0.356 e. The molecular formula is C23H23FN4O3. The highest BCUT2D eigenvalue weighted by atomic mass is 19.1. The van der Waals surface area contributed by atoms with Crippen molar-refractivity contribution in [2.75, 3.05) is 18.5 Å². The van der Waals surface area contributed by atoms with E-state index in [1.165, 1.54) is 24.3 Å². The third kappa shape index (κ3) is 6.33. The van der Waals surface area contributed by atoms with Crippen LogP contribution in [0, 0.1) is 5.82 Å². The second kappa shape index (κ2) is 10.8. The number of anilines is 1. The summed E-state index contributed by atoms with van der Waals surface area (Å²) in [7, 11) is 0. The average Bonchev–Trinajstić information content (AvgIpc) is 2.78. The van der Waals surface area contributed by atoms with E-state index in [0.29, 0.717) is 19.5 Å². The van der Waals surface area contributed by atoms with Crippen LogP contribution in [0.2, 0.25) is 0 Å². The molecule has 0 aliphatic heterocycles. The van der Waals surface area contributed by atoms with Gasteiger partial charge in [-0.1, -0.05) is 18.2 Å². The number of benzene rings is 1. The zero-order valence-electron chi connectivity index (χ0n) is 17.1. The molecule has 0 unspecified atom stereocenters. The number of hydrogen-bond donors (Lipinski definition) is 2. The van der Waals surface area contributed by atoms with E-state index < -0.39 is 5.97 Å². The topological polar surface area (TPSA) is 93.2 Å². The number of nitrogens with zero attached hydrogens (tertiary/aromatic N) is 2. The molecular weight excluding hydrogens is 399 g/mol. The summed E-state index contributed by atoms with van der Waals surface area (Å²) in [6.07, 6.45) is 3.84. The van der Waals surface area contributed by atoms with E-state index in [2.05, 4.69) is 20.6 Å². The number of amides is 1. The quantitative estimate of drug-likeness (QED) is 0.514. The van der Waals surface area contributed by atoms with Crippen molar-refractivity contribution < 1.29 is 18.7 Å². The van der Waals surface area contributed by atoms with Crippen molar-refractivity contribution in [1.82, 2.24) is 15.3 Å². The first-order valence-corrected chi connectivity index (χ1v) is 9.90. The molecule has 7 nitrogen and oxygen atoms in total. The zero-order chi connectivity index (χ0) is 22.1. The first kappa shape index (κ1) is 21.9. The van der Waals surface area contributed by atoms with Crippen LogP contribution in [0.25, 0.3) is 0 Å². The molecule has 0 atom stereocenters. The zero-order valence-corrected chi connectivity index (χ0v) is 17.1. The van der Waals surface area contributed by atoms with Crippen LogP contribution in [-0.2, 0) is 17.7 Å². The van der Waals surface area contributed by atoms with Gasteiger partial charge in [0, 0.05) is 25.5 Å². The molecule has 2 N–H and O–H groups in total. The summed E-state index contributed by atoms with van der Waals surface area (Å²) in [5.41, 5.74) is 2.04. The van der Waals surface area contributed by atoms with Gasteiger partial charge in [-0.3, -0.25) is 9.78 Å². The second-order valence-corrected chi connectivity index (χ2v) is 6.66. The fourth-order valence-corrected chi connectivity index (χ4v) is 2.89. The van der Waals surface area contributed by atoms with Crippen LogP contribution in [0.3, 0.4) is 0 Å². The van der Waals surface area contributed by atoms with Gasteiger partial charge < -0.3 is 15.4 Å². The number of halogens is 1. The Morgan fingerprint density at radius 3 is 2.68 bits per heavy atom. The molecule has 0 saturated heterocycles. The van der Waals surface area contributed by atoms with Crippen molar-refractivity contribution in [3.05, 3.63) is 89.1 Å². The average molecular weight is 422 g/mol. The lowest BCUT2D eigenvalue weighted by Gasteiger charge is -2.13. The summed E-state index contributed by atoms with van der Waals surface area (Å²) in [5.74, 6) is -0.973. The third-order valence-electron chi connectivity index (χ3n) is 4.40. The van der Waals surface area contributed by atoms with Gasteiger partial charge in [0.25, 0.3) is 5.91 Å². The van der Waals surface area contributed by atoms with E-state index in [1.807, 2.05) is 12.1 Å². The van der Waals surface area contributed by atoms with Crippen molar-refractivity contribution in [3.63, 3.8) is 0 Å². The molecule has 0 bridgehead atoms. The SMILES string of the molecule is CCOC(=O)c1ccc(C(=O)NCc2cccnc2)c(NCCc2cccc(F)c2)n1. The normalized spacial score (nSPS) is 10.4. The lowest BCUT2D eigenvalue weighted by Crippen LogP contribution is -2.25. The molecule has 1 aromatic carbocycles. The molecule has 1 amide bonds. The Labute approximate surface area is 179 Å². The van der Waals surface area contributed by atoms with Crippen LogP contribution >= 0.6 is 0 Å². The minimum Gasteiger partial charge on any atom is -0.461 e. The Bertz CT molecular complexity index is 1040. The molecule has 0 spiro atoms. The molecule has 0 fully saturated rings. The smallest absolute Gasteiger partial charge is 0.356 e. The van der Waals surface area contributed by atoms with Crippen molar-refractivity contribution >= 4 is 17.7 Å². The highest BCUT2D eigenvalue weighted by molar-refractivity contribution is 6.00. The molecule has 2 heterocycles. The third-order valence-corrected chi connectivity index (χ3v) is 4.40. The summed E-state index contributed by atoms with van der Waals surface area (Å²) in [4.78, 5) is 33.1. The Kier molecular flexibility index (Phi) is 7.64. The van der Waals surface area contributed by atoms with Crippen LogP contribution in [0.5, 0.6) is 0 Å². The number of hydrogen-bond acceptors (Lipinski definition) is 6. The largest absolute Gasteiger partial charge is 0.461 e. The fraction of sp³-hybridized carbons (Fsp3) is 0.217. The van der Waals surface area contributed by atoms with E-state index in [1.54, 1.807) is 31.5 Å². The highest BCUT2D eigenvalue weighted by Gasteiger charge is 2.17. The summed E-state index contributed by atoms with van der Waals surface area (Å²) in [6, 6.07) is 12.9. The van der Waals surface area contributed by atoms with Gasteiger partial charge in [-0.05, 0) is 54.8 Å². The van der Waals surface area contributed by atoms with Crippen molar-refractivity contribution in [2.24, 2.45) is 0 Å². The van der Waals surface area contributed by atoms with E-state index in [0.717, 1.165) is 11.1 Å². The lowest BCUT2D eigenvalue weighted by atomic mass is 10.1. The van der Waals surface area contributed by atoms with Crippen LogP contribution < -0.4 is 10.6 Å². The summed E-state index contributed by atoms with van der Waals surface area (Å²) in [5, 5.41) is 5.90. The number of esters is 1. The van der Waals surface area contributed by atoms with E-state index in [4.69, 9.17) is 4.74 Å². The van der Waals surface area contributed by atoms with Gasteiger partial charge in [0.05, 0.1) is 12.2 Å². The number of rotatable bonds is 9. The molecule has 0 aliphatic rings. The van der Waals surface area contributed by atoms with Gasteiger partial charge in [-0.15, -0.1) is 0 Å². The van der Waals surface area contributed by atoms with E-state index in [-0.39, 0.29) is 35.4 Å². The second-order valence-electron chi connectivity index (χ2n) is 6.66.